The average molecular weight is 524 g/mol. The molecule has 3 heterocycles. The van der Waals surface area contributed by atoms with E-state index in [0.717, 1.165) is 66.5 Å². The molecule has 2 fully saturated rings. The van der Waals surface area contributed by atoms with Crippen LogP contribution in [0, 0.1) is 0 Å². The first kappa shape index (κ1) is 25.9. The van der Waals surface area contributed by atoms with Gasteiger partial charge in [0.15, 0.2) is 0 Å². The summed E-state index contributed by atoms with van der Waals surface area (Å²) in [5, 5.41) is 1.09. The monoisotopic (exact) mass is 523 g/mol. The number of nitrogens with two attached hydrogens (primary N) is 2. The van der Waals surface area contributed by atoms with Crippen molar-refractivity contribution in [2.75, 3.05) is 38.5 Å². The van der Waals surface area contributed by atoms with E-state index in [1.165, 1.54) is 5.56 Å². The van der Waals surface area contributed by atoms with Gasteiger partial charge in [-0.25, -0.2) is 12.7 Å². The molecule has 5 N–H and O–H groups in total. The molecule has 8 nitrogen and oxygen atoms in total. The molecule has 1 amide bonds. The van der Waals surface area contributed by atoms with Crippen LogP contribution in [0.15, 0.2) is 48.7 Å². The van der Waals surface area contributed by atoms with Crippen molar-refractivity contribution >= 4 is 26.8 Å². The van der Waals surface area contributed by atoms with Crippen molar-refractivity contribution in [2.45, 2.75) is 44.1 Å². The predicted octanol–water partition coefficient (Wildman–Crippen LogP) is 2.79. The van der Waals surface area contributed by atoms with Gasteiger partial charge in [-0.2, -0.15) is 0 Å². The maximum atomic E-state index is 13.0. The third kappa shape index (κ3) is 5.90. The second-order valence-corrected chi connectivity index (χ2v) is 12.6. The number of aromatic nitrogens is 1. The molecule has 0 spiro atoms. The van der Waals surface area contributed by atoms with Crippen molar-refractivity contribution in [1.29, 1.82) is 0 Å². The van der Waals surface area contributed by atoms with Gasteiger partial charge in [0.25, 0.3) is 0 Å². The van der Waals surface area contributed by atoms with Crippen molar-refractivity contribution in [3.63, 3.8) is 0 Å². The summed E-state index contributed by atoms with van der Waals surface area (Å²) in [5.41, 5.74) is 16.7. The molecule has 1 aromatic heterocycles. The molecule has 3 aromatic rings. The Bertz CT molecular complexity index is 1350. The highest BCUT2D eigenvalue weighted by Crippen LogP contribution is 2.37. The summed E-state index contributed by atoms with van der Waals surface area (Å²) in [5.74, 6) is 0.0698. The minimum absolute atomic E-state index is 0.164. The van der Waals surface area contributed by atoms with Crippen LogP contribution in [-0.4, -0.2) is 73.0 Å². The standard InChI is InChI=1S/C28H37N5O3S/c29-24-9-11-32(19-24)10-4-14-37(35,36)33-12-7-21(8-13-33)26-18-31-28-23(17-27(30)34)15-22(16-25(26)28)20-5-2-1-3-6-20/h1-3,5-6,15-16,18,21,24,31H,4,7-14,17,19,29H2,(H2,30,34). The highest BCUT2D eigenvalue weighted by Gasteiger charge is 2.30. The van der Waals surface area contributed by atoms with E-state index in [2.05, 4.69) is 28.1 Å². The number of nitrogens with zero attached hydrogens (tertiary/aromatic N) is 2. The maximum absolute atomic E-state index is 13.0. The molecular weight excluding hydrogens is 486 g/mol. The molecule has 198 valence electrons. The number of amides is 1. The summed E-state index contributed by atoms with van der Waals surface area (Å²) >= 11 is 0. The van der Waals surface area contributed by atoms with E-state index < -0.39 is 10.0 Å². The molecule has 2 saturated heterocycles. The average Bonchev–Trinajstić information content (AvgIpc) is 3.50. The van der Waals surface area contributed by atoms with Crippen LogP contribution in [0.25, 0.3) is 22.0 Å². The number of nitrogens with one attached hydrogen (secondary N) is 1. The van der Waals surface area contributed by atoms with Gasteiger partial charge >= 0.3 is 0 Å². The molecule has 0 aliphatic carbocycles. The number of carbonyl (C=O) groups is 1. The summed E-state index contributed by atoms with van der Waals surface area (Å²) in [4.78, 5) is 17.4. The second kappa shape index (κ2) is 10.9. The molecule has 2 aliphatic rings. The Balaban J connectivity index is 1.29. The third-order valence-corrected chi connectivity index (χ3v) is 9.80. The lowest BCUT2D eigenvalue weighted by Crippen LogP contribution is -2.39. The fourth-order valence-corrected chi connectivity index (χ4v) is 7.42. The number of benzene rings is 2. The maximum Gasteiger partial charge on any atom is 0.221 e. The molecule has 2 aliphatic heterocycles. The number of primary amides is 1. The zero-order valence-electron chi connectivity index (χ0n) is 21.2. The number of piperidine rings is 1. The van der Waals surface area contributed by atoms with Crippen LogP contribution in [0.2, 0.25) is 0 Å². The van der Waals surface area contributed by atoms with Gasteiger partial charge in [-0.1, -0.05) is 30.3 Å². The third-order valence-electron chi connectivity index (χ3n) is 7.85. The Hall–Kier alpha value is -2.72. The van der Waals surface area contributed by atoms with Gasteiger partial charge in [-0.05, 0) is 79.1 Å². The number of rotatable bonds is 9. The minimum atomic E-state index is -3.27. The van der Waals surface area contributed by atoms with E-state index in [0.29, 0.717) is 19.5 Å². The van der Waals surface area contributed by atoms with E-state index in [-0.39, 0.29) is 30.0 Å². The van der Waals surface area contributed by atoms with Crippen LogP contribution in [0.1, 0.15) is 42.7 Å². The smallest absolute Gasteiger partial charge is 0.221 e. The van der Waals surface area contributed by atoms with Gasteiger partial charge in [0.1, 0.15) is 0 Å². The first-order chi connectivity index (χ1) is 17.8. The van der Waals surface area contributed by atoms with Gasteiger partial charge in [-0.3, -0.25) is 4.79 Å². The number of aromatic amines is 1. The summed E-state index contributed by atoms with van der Waals surface area (Å²) in [6.45, 7) is 3.67. The number of H-pyrrole nitrogens is 1. The van der Waals surface area contributed by atoms with Crippen molar-refractivity contribution in [3.05, 3.63) is 59.8 Å². The fraction of sp³-hybridized carbons (Fsp3) is 0.464. The molecule has 2 aromatic carbocycles. The molecule has 1 atom stereocenters. The van der Waals surface area contributed by atoms with Crippen LogP contribution in [0.4, 0.5) is 0 Å². The number of hydrogen-bond donors (Lipinski definition) is 3. The number of likely N-dealkylation sites (tertiary alicyclic amines) is 1. The Morgan fingerprint density at radius 1 is 1.03 bits per heavy atom. The Morgan fingerprint density at radius 3 is 2.46 bits per heavy atom. The molecule has 5 rings (SSSR count). The molecule has 0 bridgehead atoms. The fourth-order valence-electron chi connectivity index (χ4n) is 5.90. The molecule has 0 radical (unpaired) electrons. The topological polar surface area (TPSA) is 126 Å². The lowest BCUT2D eigenvalue weighted by atomic mass is 9.88. The molecular formula is C28H37N5O3S. The summed E-state index contributed by atoms with van der Waals surface area (Å²) in [6, 6.07) is 14.5. The molecule has 37 heavy (non-hydrogen) atoms. The predicted molar refractivity (Wildman–Crippen MR) is 148 cm³/mol. The highest BCUT2D eigenvalue weighted by molar-refractivity contribution is 7.89. The van der Waals surface area contributed by atoms with Crippen LogP contribution in [0.5, 0.6) is 0 Å². The summed E-state index contributed by atoms with van der Waals surface area (Å²) < 4.78 is 27.7. The van der Waals surface area contributed by atoms with E-state index in [9.17, 15) is 13.2 Å². The number of carbonyl (C=O) groups excluding carboxylic acids is 1. The summed E-state index contributed by atoms with van der Waals surface area (Å²) in [7, 11) is -3.27. The Morgan fingerprint density at radius 2 is 1.78 bits per heavy atom. The van der Waals surface area contributed by atoms with Crippen molar-refractivity contribution < 1.29 is 13.2 Å². The Kier molecular flexibility index (Phi) is 7.67. The normalized spacial score (nSPS) is 20.1. The van der Waals surface area contributed by atoms with Gasteiger partial charge < -0.3 is 21.4 Å². The SMILES string of the molecule is NC(=O)Cc1cc(-c2ccccc2)cc2c(C3CCN(S(=O)(=O)CCCN4CCC(N)C4)CC3)c[nH]c12. The quantitative estimate of drug-likeness (QED) is 0.398. The van der Waals surface area contributed by atoms with Crippen LogP contribution in [-0.2, 0) is 21.2 Å². The van der Waals surface area contributed by atoms with Gasteiger partial charge in [0.05, 0.1) is 12.2 Å². The van der Waals surface area contributed by atoms with E-state index >= 15 is 0 Å². The largest absolute Gasteiger partial charge is 0.369 e. The molecule has 9 heteroatoms. The number of sulfonamides is 1. The molecule has 0 saturated carbocycles. The zero-order valence-corrected chi connectivity index (χ0v) is 22.1. The van der Waals surface area contributed by atoms with Gasteiger partial charge in [-0.15, -0.1) is 0 Å². The number of hydrogen-bond acceptors (Lipinski definition) is 5. The van der Waals surface area contributed by atoms with Gasteiger partial charge in [0.2, 0.25) is 15.9 Å². The van der Waals surface area contributed by atoms with Crippen LogP contribution >= 0.6 is 0 Å². The van der Waals surface area contributed by atoms with Gasteiger partial charge in [0, 0.05) is 42.8 Å². The first-order valence-corrected chi connectivity index (χ1v) is 14.8. The Labute approximate surface area is 219 Å². The molecule has 1 unspecified atom stereocenters. The van der Waals surface area contributed by atoms with E-state index in [1.54, 1.807) is 4.31 Å². The first-order valence-electron chi connectivity index (χ1n) is 13.2. The lowest BCUT2D eigenvalue weighted by molar-refractivity contribution is -0.117. The van der Waals surface area contributed by atoms with E-state index in [1.807, 2.05) is 30.5 Å². The highest BCUT2D eigenvalue weighted by atomic mass is 32.2. The van der Waals surface area contributed by atoms with E-state index in [4.69, 9.17) is 11.5 Å². The van der Waals surface area contributed by atoms with Crippen LogP contribution in [0.3, 0.4) is 0 Å². The second-order valence-electron chi connectivity index (χ2n) is 10.5. The van der Waals surface area contributed by atoms with Crippen molar-refractivity contribution in [2.24, 2.45) is 11.5 Å². The summed E-state index contributed by atoms with van der Waals surface area (Å²) in [6.07, 6.45) is 5.37. The lowest BCUT2D eigenvalue weighted by Gasteiger charge is -2.31. The van der Waals surface area contributed by atoms with Crippen molar-refractivity contribution in [3.8, 4) is 11.1 Å². The van der Waals surface area contributed by atoms with Crippen LogP contribution < -0.4 is 11.5 Å². The van der Waals surface area contributed by atoms with Crippen molar-refractivity contribution in [1.82, 2.24) is 14.2 Å². The zero-order chi connectivity index (χ0) is 26.0. The number of fused-ring (bicyclic) bond motifs is 1. The minimum Gasteiger partial charge on any atom is -0.369 e.